The number of thiocarbonyl (C=S) groups is 1. The Bertz CT molecular complexity index is 1040. The number of ether oxygens (including phenoxy) is 2. The summed E-state index contributed by atoms with van der Waals surface area (Å²) >= 11 is 12.7. The summed E-state index contributed by atoms with van der Waals surface area (Å²) in [4.78, 5) is 14.6. The molecule has 2 aromatic rings. The fourth-order valence-corrected chi connectivity index (χ4v) is 4.41. The number of benzene rings is 2. The molecule has 1 aliphatic heterocycles. The lowest BCUT2D eigenvalue weighted by atomic mass is 10.1. The summed E-state index contributed by atoms with van der Waals surface area (Å²) in [6.45, 7) is 8.54. The molecule has 0 spiro atoms. The Labute approximate surface area is 197 Å². The number of carbonyl (C=O) groups excluding carboxylic acids is 1. The van der Waals surface area contributed by atoms with Gasteiger partial charge < -0.3 is 9.47 Å². The molecule has 0 unspecified atom stereocenters. The van der Waals surface area contributed by atoms with Crippen molar-refractivity contribution in [3.8, 4) is 11.5 Å². The normalized spacial score (nSPS) is 14.7. The standard InChI is InChI=1S/C24H22ClNO3S2/c1-3-7-17-8-5-6-9-20(17)28-13-14-29-21-11-10-19(25)15-18(21)16-22-23(27)26(12-4-2)24(30)31-22/h3-6,8-11,15-16H,1-2,7,12-14H2. The van der Waals surface area contributed by atoms with Gasteiger partial charge in [-0.05, 0) is 42.3 Å². The van der Waals surface area contributed by atoms with Crippen LogP contribution >= 0.6 is 35.6 Å². The van der Waals surface area contributed by atoms with Crippen LogP contribution in [0.5, 0.6) is 11.5 Å². The number of para-hydroxylation sites is 1. The van der Waals surface area contributed by atoms with E-state index >= 15 is 0 Å². The van der Waals surface area contributed by atoms with Gasteiger partial charge in [-0.1, -0.05) is 65.9 Å². The van der Waals surface area contributed by atoms with Gasteiger partial charge in [0.15, 0.2) is 0 Å². The predicted molar refractivity (Wildman–Crippen MR) is 133 cm³/mol. The number of carbonyl (C=O) groups is 1. The van der Waals surface area contributed by atoms with E-state index in [4.69, 9.17) is 33.3 Å². The molecular weight excluding hydrogens is 450 g/mol. The van der Waals surface area contributed by atoms with Crippen LogP contribution in [-0.2, 0) is 11.2 Å². The first-order chi connectivity index (χ1) is 15.0. The summed E-state index contributed by atoms with van der Waals surface area (Å²) in [7, 11) is 0. The molecule has 0 radical (unpaired) electrons. The summed E-state index contributed by atoms with van der Waals surface area (Å²) in [6.07, 6.45) is 5.98. The molecule has 7 heteroatoms. The van der Waals surface area contributed by atoms with Crippen LogP contribution in [0.3, 0.4) is 0 Å². The van der Waals surface area contributed by atoms with Crippen molar-refractivity contribution in [2.24, 2.45) is 0 Å². The third-order valence-corrected chi connectivity index (χ3v) is 5.99. The highest BCUT2D eigenvalue weighted by atomic mass is 35.5. The van der Waals surface area contributed by atoms with E-state index in [1.54, 1.807) is 30.4 Å². The third kappa shape index (κ3) is 6.00. The molecule has 1 fully saturated rings. The van der Waals surface area contributed by atoms with Gasteiger partial charge >= 0.3 is 0 Å². The third-order valence-electron chi connectivity index (χ3n) is 4.38. The highest BCUT2D eigenvalue weighted by molar-refractivity contribution is 8.26. The van der Waals surface area contributed by atoms with Crippen molar-refractivity contribution in [3.63, 3.8) is 0 Å². The topological polar surface area (TPSA) is 38.8 Å². The molecule has 3 rings (SSSR count). The van der Waals surface area contributed by atoms with E-state index in [9.17, 15) is 4.79 Å². The number of nitrogens with zero attached hydrogens (tertiary/aromatic N) is 1. The Morgan fingerprint density at radius 3 is 2.55 bits per heavy atom. The van der Waals surface area contributed by atoms with Crippen molar-refractivity contribution in [1.29, 1.82) is 0 Å². The van der Waals surface area contributed by atoms with Crippen LogP contribution in [0, 0.1) is 0 Å². The van der Waals surface area contributed by atoms with E-state index in [0.29, 0.717) is 45.3 Å². The zero-order chi connectivity index (χ0) is 22.2. The summed E-state index contributed by atoms with van der Waals surface area (Å²) < 4.78 is 12.3. The van der Waals surface area contributed by atoms with Crippen LogP contribution in [0.4, 0.5) is 0 Å². The number of rotatable bonds is 10. The maximum atomic E-state index is 12.6. The number of halogens is 1. The predicted octanol–water partition coefficient (Wildman–Crippen LogP) is 5.91. The molecule has 0 aromatic heterocycles. The highest BCUT2D eigenvalue weighted by Gasteiger charge is 2.31. The van der Waals surface area contributed by atoms with E-state index < -0.39 is 0 Å². The van der Waals surface area contributed by atoms with Gasteiger partial charge in [-0.2, -0.15) is 0 Å². The van der Waals surface area contributed by atoms with Crippen LogP contribution in [-0.4, -0.2) is 34.9 Å². The number of amides is 1. The minimum Gasteiger partial charge on any atom is -0.490 e. The summed E-state index contributed by atoms with van der Waals surface area (Å²) in [5.41, 5.74) is 1.78. The van der Waals surface area contributed by atoms with E-state index in [0.717, 1.165) is 17.7 Å². The van der Waals surface area contributed by atoms with Gasteiger partial charge in [-0.25, -0.2) is 0 Å². The first-order valence-electron chi connectivity index (χ1n) is 9.63. The van der Waals surface area contributed by atoms with Gasteiger partial charge in [-0.3, -0.25) is 9.69 Å². The molecule has 1 amide bonds. The molecule has 31 heavy (non-hydrogen) atoms. The SMILES string of the molecule is C=CCc1ccccc1OCCOc1ccc(Cl)cc1C=C1SC(=S)N(CC=C)C1=O. The number of thioether (sulfide) groups is 1. The van der Waals surface area contributed by atoms with Crippen molar-refractivity contribution in [1.82, 2.24) is 4.90 Å². The average Bonchev–Trinajstić information content (AvgIpc) is 3.01. The Morgan fingerprint density at radius 2 is 1.81 bits per heavy atom. The van der Waals surface area contributed by atoms with Gasteiger partial charge in [0.05, 0.1) is 4.91 Å². The van der Waals surface area contributed by atoms with E-state index in [1.165, 1.54) is 16.7 Å². The molecule has 2 aromatic carbocycles. The van der Waals surface area contributed by atoms with Crippen LogP contribution in [0.25, 0.3) is 6.08 Å². The summed E-state index contributed by atoms with van der Waals surface area (Å²) in [6, 6.07) is 13.1. The van der Waals surface area contributed by atoms with E-state index in [2.05, 4.69) is 13.2 Å². The second-order valence-electron chi connectivity index (χ2n) is 6.56. The fraction of sp³-hybridized carbons (Fsp3) is 0.167. The zero-order valence-electron chi connectivity index (χ0n) is 16.9. The van der Waals surface area contributed by atoms with Crippen LogP contribution in [0.2, 0.25) is 5.02 Å². The van der Waals surface area contributed by atoms with E-state index in [1.807, 2.05) is 30.3 Å². The quantitative estimate of drug-likeness (QED) is 0.186. The molecule has 160 valence electrons. The van der Waals surface area contributed by atoms with Gasteiger partial charge in [0.25, 0.3) is 5.91 Å². The second kappa shape index (κ2) is 11.2. The van der Waals surface area contributed by atoms with Gasteiger partial charge in [0.1, 0.15) is 29.0 Å². The molecule has 1 saturated heterocycles. The second-order valence-corrected chi connectivity index (χ2v) is 8.67. The van der Waals surface area contributed by atoms with E-state index in [-0.39, 0.29) is 5.91 Å². The Balaban J connectivity index is 1.68. The average molecular weight is 472 g/mol. The van der Waals surface area contributed by atoms with Crippen LogP contribution in [0.15, 0.2) is 72.7 Å². The minimum absolute atomic E-state index is 0.150. The molecule has 0 atom stereocenters. The van der Waals surface area contributed by atoms with Crippen molar-refractivity contribution in [2.75, 3.05) is 19.8 Å². The van der Waals surface area contributed by atoms with Gasteiger partial charge in [0, 0.05) is 17.1 Å². The monoisotopic (exact) mass is 471 g/mol. The molecule has 4 nitrogen and oxygen atoms in total. The fourth-order valence-electron chi connectivity index (χ4n) is 2.96. The molecule has 0 aliphatic carbocycles. The largest absolute Gasteiger partial charge is 0.490 e. The molecule has 1 aliphatic rings. The summed E-state index contributed by atoms with van der Waals surface area (Å²) in [5, 5.41) is 0.551. The number of hydrogen-bond donors (Lipinski definition) is 0. The maximum absolute atomic E-state index is 12.6. The minimum atomic E-state index is -0.150. The molecule has 0 bridgehead atoms. The van der Waals surface area contributed by atoms with Gasteiger partial charge in [0.2, 0.25) is 0 Å². The van der Waals surface area contributed by atoms with Crippen molar-refractivity contribution in [2.45, 2.75) is 6.42 Å². The van der Waals surface area contributed by atoms with Crippen LogP contribution < -0.4 is 9.47 Å². The van der Waals surface area contributed by atoms with Crippen molar-refractivity contribution in [3.05, 3.63) is 88.8 Å². The van der Waals surface area contributed by atoms with Gasteiger partial charge in [-0.15, -0.1) is 13.2 Å². The highest BCUT2D eigenvalue weighted by Crippen LogP contribution is 2.35. The van der Waals surface area contributed by atoms with Crippen molar-refractivity contribution >= 4 is 51.9 Å². The molecule has 1 heterocycles. The van der Waals surface area contributed by atoms with Crippen LogP contribution in [0.1, 0.15) is 11.1 Å². The molecular formula is C24H22ClNO3S2. The van der Waals surface area contributed by atoms with Crippen molar-refractivity contribution < 1.29 is 14.3 Å². The first-order valence-corrected chi connectivity index (χ1v) is 11.2. The molecule has 0 N–H and O–H groups in total. The number of hydrogen-bond acceptors (Lipinski definition) is 5. The lowest BCUT2D eigenvalue weighted by Gasteiger charge is -2.13. The Kier molecular flexibility index (Phi) is 8.35. The molecule has 0 saturated carbocycles. The maximum Gasteiger partial charge on any atom is 0.266 e. The lowest BCUT2D eigenvalue weighted by molar-refractivity contribution is -0.121. The Morgan fingerprint density at radius 1 is 1.06 bits per heavy atom. The first kappa shape index (κ1) is 23.1. The number of allylic oxidation sites excluding steroid dienone is 1. The smallest absolute Gasteiger partial charge is 0.266 e. The summed E-state index contributed by atoms with van der Waals surface area (Å²) in [5.74, 6) is 1.28. The lowest BCUT2D eigenvalue weighted by Crippen LogP contribution is -2.27. The zero-order valence-corrected chi connectivity index (χ0v) is 19.3. The Hall–Kier alpha value is -2.54.